The summed E-state index contributed by atoms with van der Waals surface area (Å²) in [6.45, 7) is 8.98. The molecule has 2 nitrogen and oxygen atoms in total. The van der Waals surface area contributed by atoms with E-state index >= 15 is 0 Å². The van der Waals surface area contributed by atoms with Crippen molar-refractivity contribution in [2.75, 3.05) is 32.7 Å². The van der Waals surface area contributed by atoms with E-state index in [0.717, 1.165) is 11.8 Å². The molecule has 2 aliphatic rings. The van der Waals surface area contributed by atoms with Gasteiger partial charge in [-0.1, -0.05) is 6.92 Å². The second-order valence-electron chi connectivity index (χ2n) is 5.55. The zero-order chi connectivity index (χ0) is 10.5. The average Bonchev–Trinajstić information content (AvgIpc) is 2.71. The number of hydrogen-bond donors (Lipinski definition) is 1. The van der Waals surface area contributed by atoms with E-state index in [9.17, 15) is 0 Å². The Labute approximate surface area is 94.4 Å². The van der Waals surface area contributed by atoms with Crippen LogP contribution in [0, 0.1) is 11.8 Å². The molecule has 2 heterocycles. The third-order valence-corrected chi connectivity index (χ3v) is 3.99. The maximum absolute atomic E-state index is 3.45. The standard InChI is InChI=1S/C13H26N2/c1-12-4-2-8-15(11-12)9-3-5-13-6-7-14-10-13/h12-14H,2-11H2,1H3. The van der Waals surface area contributed by atoms with E-state index in [1.165, 1.54) is 64.8 Å². The molecule has 2 aliphatic heterocycles. The summed E-state index contributed by atoms with van der Waals surface area (Å²) in [7, 11) is 0. The Morgan fingerprint density at radius 2 is 2.27 bits per heavy atom. The van der Waals surface area contributed by atoms with Crippen molar-refractivity contribution in [1.29, 1.82) is 0 Å². The van der Waals surface area contributed by atoms with Gasteiger partial charge in [-0.25, -0.2) is 0 Å². The minimum atomic E-state index is 0.937. The molecule has 2 heteroatoms. The molecule has 1 N–H and O–H groups in total. The molecule has 2 fully saturated rings. The molecule has 15 heavy (non-hydrogen) atoms. The largest absolute Gasteiger partial charge is 0.316 e. The molecule has 0 radical (unpaired) electrons. The van der Waals surface area contributed by atoms with Crippen molar-refractivity contribution in [3.8, 4) is 0 Å². The van der Waals surface area contributed by atoms with Crippen LogP contribution in [-0.4, -0.2) is 37.6 Å². The van der Waals surface area contributed by atoms with Gasteiger partial charge in [0, 0.05) is 6.54 Å². The molecular formula is C13H26N2. The number of likely N-dealkylation sites (tertiary alicyclic amines) is 1. The Kier molecular flexibility index (Phi) is 4.45. The normalized spacial score (nSPS) is 33.4. The molecule has 0 aromatic heterocycles. The van der Waals surface area contributed by atoms with Crippen LogP contribution < -0.4 is 5.32 Å². The van der Waals surface area contributed by atoms with Crippen molar-refractivity contribution in [2.45, 2.75) is 39.0 Å². The molecular weight excluding hydrogens is 184 g/mol. The second-order valence-corrected chi connectivity index (χ2v) is 5.55. The average molecular weight is 210 g/mol. The molecule has 0 amide bonds. The van der Waals surface area contributed by atoms with E-state index < -0.39 is 0 Å². The lowest BCUT2D eigenvalue weighted by Crippen LogP contribution is -2.35. The lowest BCUT2D eigenvalue weighted by Gasteiger charge is -2.31. The third-order valence-electron chi connectivity index (χ3n) is 3.99. The molecule has 0 aliphatic carbocycles. The van der Waals surface area contributed by atoms with Crippen LogP contribution in [0.1, 0.15) is 39.0 Å². The fourth-order valence-corrected chi connectivity index (χ4v) is 3.05. The van der Waals surface area contributed by atoms with E-state index in [4.69, 9.17) is 0 Å². The quantitative estimate of drug-likeness (QED) is 0.764. The Morgan fingerprint density at radius 1 is 1.33 bits per heavy atom. The highest BCUT2D eigenvalue weighted by molar-refractivity contribution is 4.73. The Morgan fingerprint density at radius 3 is 3.00 bits per heavy atom. The van der Waals surface area contributed by atoms with Gasteiger partial charge in [0.05, 0.1) is 0 Å². The molecule has 0 aromatic rings. The lowest BCUT2D eigenvalue weighted by atomic mass is 9.99. The highest BCUT2D eigenvalue weighted by Crippen LogP contribution is 2.18. The summed E-state index contributed by atoms with van der Waals surface area (Å²) in [6, 6.07) is 0. The molecule has 2 unspecified atom stereocenters. The van der Waals surface area contributed by atoms with Crippen molar-refractivity contribution < 1.29 is 0 Å². The van der Waals surface area contributed by atoms with Gasteiger partial charge in [-0.05, 0) is 70.1 Å². The number of rotatable bonds is 4. The van der Waals surface area contributed by atoms with Gasteiger partial charge in [-0.15, -0.1) is 0 Å². The van der Waals surface area contributed by atoms with Gasteiger partial charge in [-0.2, -0.15) is 0 Å². The minimum Gasteiger partial charge on any atom is -0.316 e. The Balaban J connectivity index is 1.56. The van der Waals surface area contributed by atoms with Crippen LogP contribution in [0.5, 0.6) is 0 Å². The molecule has 88 valence electrons. The lowest BCUT2D eigenvalue weighted by molar-refractivity contribution is 0.178. The number of nitrogens with one attached hydrogen (secondary N) is 1. The fraction of sp³-hybridized carbons (Fsp3) is 1.00. The van der Waals surface area contributed by atoms with Crippen molar-refractivity contribution >= 4 is 0 Å². The predicted molar refractivity (Wildman–Crippen MR) is 65.0 cm³/mol. The van der Waals surface area contributed by atoms with E-state index in [1.807, 2.05) is 0 Å². The maximum Gasteiger partial charge on any atom is 0.000703 e. The van der Waals surface area contributed by atoms with Crippen LogP contribution in [0.25, 0.3) is 0 Å². The first kappa shape index (κ1) is 11.4. The second kappa shape index (κ2) is 5.86. The predicted octanol–water partition coefficient (Wildman–Crippen LogP) is 2.11. The zero-order valence-electron chi connectivity index (χ0n) is 10.2. The Bertz CT molecular complexity index is 175. The summed E-state index contributed by atoms with van der Waals surface area (Å²) in [4.78, 5) is 2.68. The molecule has 0 bridgehead atoms. The fourth-order valence-electron chi connectivity index (χ4n) is 3.05. The molecule has 0 aromatic carbocycles. The zero-order valence-corrected chi connectivity index (χ0v) is 10.2. The number of piperidine rings is 1. The monoisotopic (exact) mass is 210 g/mol. The summed E-state index contributed by atoms with van der Waals surface area (Å²) in [5, 5.41) is 3.45. The van der Waals surface area contributed by atoms with Gasteiger partial charge in [0.25, 0.3) is 0 Å². The molecule has 2 rings (SSSR count). The smallest absolute Gasteiger partial charge is 0.000703 e. The first-order valence-corrected chi connectivity index (χ1v) is 6.77. The highest BCUT2D eigenvalue weighted by atomic mass is 15.1. The van der Waals surface area contributed by atoms with Gasteiger partial charge in [0.1, 0.15) is 0 Å². The van der Waals surface area contributed by atoms with Gasteiger partial charge >= 0.3 is 0 Å². The topological polar surface area (TPSA) is 15.3 Å². The van der Waals surface area contributed by atoms with Crippen LogP contribution in [0.15, 0.2) is 0 Å². The van der Waals surface area contributed by atoms with Crippen molar-refractivity contribution in [2.24, 2.45) is 11.8 Å². The maximum atomic E-state index is 3.45. The van der Waals surface area contributed by atoms with Gasteiger partial charge in [-0.3, -0.25) is 0 Å². The highest BCUT2D eigenvalue weighted by Gasteiger charge is 2.17. The summed E-state index contributed by atoms with van der Waals surface area (Å²) in [6.07, 6.45) is 7.14. The Hall–Kier alpha value is -0.0800. The van der Waals surface area contributed by atoms with Crippen LogP contribution >= 0.6 is 0 Å². The summed E-state index contributed by atoms with van der Waals surface area (Å²) in [5.74, 6) is 1.92. The number of nitrogens with zero attached hydrogens (tertiary/aromatic N) is 1. The number of hydrogen-bond acceptors (Lipinski definition) is 2. The molecule has 0 saturated carbocycles. The van der Waals surface area contributed by atoms with E-state index in [1.54, 1.807) is 0 Å². The van der Waals surface area contributed by atoms with E-state index in [-0.39, 0.29) is 0 Å². The van der Waals surface area contributed by atoms with Crippen LogP contribution in [0.3, 0.4) is 0 Å². The molecule has 0 spiro atoms. The summed E-state index contributed by atoms with van der Waals surface area (Å²) < 4.78 is 0. The van der Waals surface area contributed by atoms with Crippen molar-refractivity contribution in [3.63, 3.8) is 0 Å². The SMILES string of the molecule is CC1CCCN(CCCC2CCNC2)C1. The molecule has 2 atom stereocenters. The van der Waals surface area contributed by atoms with E-state index in [0.29, 0.717) is 0 Å². The van der Waals surface area contributed by atoms with Crippen LogP contribution in [0.4, 0.5) is 0 Å². The van der Waals surface area contributed by atoms with Gasteiger partial charge in [0.15, 0.2) is 0 Å². The van der Waals surface area contributed by atoms with E-state index in [2.05, 4.69) is 17.1 Å². The summed E-state index contributed by atoms with van der Waals surface area (Å²) in [5.41, 5.74) is 0. The van der Waals surface area contributed by atoms with Crippen molar-refractivity contribution in [3.05, 3.63) is 0 Å². The van der Waals surface area contributed by atoms with Gasteiger partial charge in [0.2, 0.25) is 0 Å². The van der Waals surface area contributed by atoms with Crippen LogP contribution in [-0.2, 0) is 0 Å². The summed E-state index contributed by atoms with van der Waals surface area (Å²) >= 11 is 0. The third kappa shape index (κ3) is 3.76. The first-order valence-electron chi connectivity index (χ1n) is 6.77. The van der Waals surface area contributed by atoms with Crippen LogP contribution in [0.2, 0.25) is 0 Å². The minimum absolute atomic E-state index is 0.937. The van der Waals surface area contributed by atoms with Crippen molar-refractivity contribution in [1.82, 2.24) is 10.2 Å². The van der Waals surface area contributed by atoms with Gasteiger partial charge < -0.3 is 10.2 Å². The first-order chi connectivity index (χ1) is 7.34. The molecule has 2 saturated heterocycles.